The van der Waals surface area contributed by atoms with Gasteiger partial charge in [0.05, 0.1) is 12.3 Å². The number of hydrogen-bond acceptors (Lipinski definition) is 7. The van der Waals surface area contributed by atoms with Gasteiger partial charge in [-0.1, -0.05) is 18.2 Å². The first-order chi connectivity index (χ1) is 17.2. The number of guanidine groups is 1. The van der Waals surface area contributed by atoms with Gasteiger partial charge in [-0.25, -0.2) is 8.42 Å². The van der Waals surface area contributed by atoms with Gasteiger partial charge in [0.25, 0.3) is 5.56 Å². The van der Waals surface area contributed by atoms with Crippen LogP contribution in [0.2, 0.25) is 0 Å². The minimum atomic E-state index is -5.15. The van der Waals surface area contributed by atoms with Crippen molar-refractivity contribution in [2.75, 3.05) is 17.9 Å². The molecule has 0 fully saturated rings. The Morgan fingerprint density at radius 1 is 1.19 bits per heavy atom. The molecule has 2 aromatic rings. The van der Waals surface area contributed by atoms with Gasteiger partial charge in [0.15, 0.2) is 0 Å². The number of sulfonamides is 1. The van der Waals surface area contributed by atoms with Gasteiger partial charge in [-0.15, -0.1) is 0 Å². The quantitative estimate of drug-likeness (QED) is 0.0959. The van der Waals surface area contributed by atoms with Gasteiger partial charge < -0.3 is 20.5 Å². The second-order valence-corrected chi connectivity index (χ2v) is 10.2. The van der Waals surface area contributed by atoms with Crippen LogP contribution in [-0.2, 0) is 36.7 Å². The molecule has 5 N–H and O–H groups in total. The second kappa shape index (κ2) is 12.7. The summed E-state index contributed by atoms with van der Waals surface area (Å²) >= 11 is 2.01. The van der Waals surface area contributed by atoms with Crippen LogP contribution in [0.15, 0.2) is 46.3 Å². The van der Waals surface area contributed by atoms with Gasteiger partial charge in [0.2, 0.25) is 21.9 Å². The van der Waals surface area contributed by atoms with E-state index in [4.69, 9.17) is 5.73 Å². The fraction of sp³-hybridized carbons (Fsp3) is 0.300. The highest BCUT2D eigenvalue weighted by Gasteiger charge is 2.39. The minimum absolute atomic E-state index is 0.168. The summed E-state index contributed by atoms with van der Waals surface area (Å²) in [4.78, 5) is 40.4. The van der Waals surface area contributed by atoms with Crippen molar-refractivity contribution < 1.29 is 36.0 Å². The Morgan fingerprint density at radius 2 is 1.86 bits per heavy atom. The molecule has 1 aromatic carbocycles. The van der Waals surface area contributed by atoms with Crippen LogP contribution in [0.5, 0.6) is 0 Å². The maximum absolute atomic E-state index is 12.8. The number of halogens is 4. The third-order valence-electron chi connectivity index (χ3n) is 4.44. The van der Waals surface area contributed by atoms with Crippen LogP contribution in [0.3, 0.4) is 0 Å². The van der Waals surface area contributed by atoms with E-state index >= 15 is 0 Å². The predicted molar refractivity (Wildman–Crippen MR) is 136 cm³/mol. The molecular weight excluding hydrogens is 636 g/mol. The van der Waals surface area contributed by atoms with E-state index in [2.05, 4.69) is 20.0 Å². The van der Waals surface area contributed by atoms with E-state index in [0.717, 1.165) is 8.14 Å². The number of pyridine rings is 1. The van der Waals surface area contributed by atoms with E-state index in [1.165, 1.54) is 17.4 Å². The maximum Gasteiger partial charge on any atom is 0.471 e. The molecule has 0 atom stereocenters. The molecule has 0 aliphatic rings. The number of amides is 2. The van der Waals surface area contributed by atoms with Gasteiger partial charge in [0, 0.05) is 9.26 Å². The maximum atomic E-state index is 12.8. The molecule has 2 amide bonds. The summed E-state index contributed by atoms with van der Waals surface area (Å²) in [6.07, 6.45) is -5.15. The van der Waals surface area contributed by atoms with Crippen molar-refractivity contribution in [1.82, 2.24) is 15.2 Å². The van der Waals surface area contributed by atoms with Crippen molar-refractivity contribution >= 4 is 56.1 Å². The average molecular weight is 658 g/mol. The zero-order valence-corrected chi connectivity index (χ0v) is 22.1. The van der Waals surface area contributed by atoms with Gasteiger partial charge >= 0.3 is 12.1 Å². The highest BCUT2D eigenvalue weighted by molar-refractivity contribution is 14.1. The van der Waals surface area contributed by atoms with E-state index in [-0.39, 0.29) is 24.6 Å². The largest absolute Gasteiger partial charge is 0.471 e. The van der Waals surface area contributed by atoms with Crippen LogP contribution < -0.4 is 26.6 Å². The van der Waals surface area contributed by atoms with E-state index in [1.807, 2.05) is 22.6 Å². The van der Waals surface area contributed by atoms with Gasteiger partial charge in [-0.05, 0) is 58.4 Å². The smallest absolute Gasteiger partial charge is 0.391 e. The number of anilines is 1. The molecule has 37 heavy (non-hydrogen) atoms. The monoisotopic (exact) mass is 658 g/mol. The number of carbonyl (C=O) groups excluding carboxylic acids is 2. The Kier molecular flexibility index (Phi) is 10.3. The lowest BCUT2D eigenvalue weighted by molar-refractivity contribution is -0.171. The Bertz CT molecular complexity index is 1350. The number of alkyl halides is 3. The van der Waals surface area contributed by atoms with Crippen molar-refractivity contribution in [2.24, 2.45) is 10.9 Å². The number of hydrogen-bond donors (Lipinski definition) is 4. The first-order valence-corrected chi connectivity index (χ1v) is 13.0. The van der Waals surface area contributed by atoms with Crippen molar-refractivity contribution in [3.05, 3.63) is 61.6 Å². The van der Waals surface area contributed by atoms with Crippen LogP contribution in [0, 0.1) is 10.5 Å². The summed E-state index contributed by atoms with van der Waals surface area (Å²) in [5, 5.41) is 6.71. The fourth-order valence-corrected chi connectivity index (χ4v) is 4.79. The number of aryl methyl sites for hydroxylation is 1. The van der Waals surface area contributed by atoms with Crippen LogP contribution in [-0.4, -0.2) is 50.1 Å². The van der Waals surface area contributed by atoms with Gasteiger partial charge in [-0.3, -0.25) is 24.4 Å². The summed E-state index contributed by atoms with van der Waals surface area (Å²) in [7, 11) is -3.93. The number of nitrogens with zero attached hydrogens (tertiary/aromatic N) is 2. The molecule has 0 saturated carbocycles. The number of aromatic nitrogens is 1. The molecule has 0 aliphatic carbocycles. The number of nitrogens with one attached hydrogen (secondary N) is 3. The summed E-state index contributed by atoms with van der Waals surface area (Å²) in [5.41, 5.74) is 5.04. The van der Waals surface area contributed by atoms with Crippen molar-refractivity contribution in [1.29, 1.82) is 0 Å². The topological polar surface area (TPSA) is 174 Å². The van der Waals surface area contributed by atoms with E-state index < -0.39 is 46.1 Å². The molecule has 1 heterocycles. The first kappa shape index (κ1) is 29.9. The molecule has 202 valence electrons. The third kappa shape index (κ3) is 9.56. The number of rotatable bonds is 10. The van der Waals surface area contributed by atoms with Gasteiger partial charge in [0.1, 0.15) is 18.8 Å². The van der Waals surface area contributed by atoms with Crippen molar-refractivity contribution in [2.45, 2.75) is 25.4 Å². The first-order valence-electron chi connectivity index (χ1n) is 10.2. The summed E-state index contributed by atoms with van der Waals surface area (Å²) in [6, 6.07) is 9.63. The molecule has 0 spiro atoms. The molecule has 0 bridgehead atoms. The Morgan fingerprint density at radius 3 is 2.51 bits per heavy atom. The van der Waals surface area contributed by atoms with E-state index in [0.29, 0.717) is 11.3 Å². The lowest BCUT2D eigenvalue weighted by Crippen LogP contribution is -2.44. The third-order valence-corrected chi connectivity index (χ3v) is 6.71. The Hall–Kier alpha value is -3.35. The van der Waals surface area contributed by atoms with E-state index in [9.17, 15) is 36.0 Å². The molecule has 2 rings (SSSR count). The SMILES string of the molecule is Cc1ccc(NS(=O)(=O)Cc2ccccc2I)c(=O)n1CC(=O)NCCO/N=C(\N)NC(=O)C(F)(F)F. The minimum Gasteiger partial charge on any atom is -0.391 e. The van der Waals surface area contributed by atoms with Gasteiger partial charge in [-0.2, -0.15) is 13.2 Å². The molecule has 17 heteroatoms. The Balaban J connectivity index is 1.94. The number of benzene rings is 1. The molecule has 12 nitrogen and oxygen atoms in total. The standard InChI is InChI=1S/C20H22F3IN6O6S/c1-12-6-7-15(29-37(34,35)11-13-4-2-3-5-14(13)24)17(32)30(12)10-16(31)26-8-9-36-28-19(25)27-18(33)20(21,22)23/h2-7,29H,8-11H2,1H3,(H,26,31)(H3,25,27,28,33). The normalized spacial score (nSPS) is 12.1. The lowest BCUT2D eigenvalue weighted by Gasteiger charge is -2.14. The van der Waals surface area contributed by atoms with Crippen LogP contribution >= 0.6 is 22.6 Å². The zero-order valence-electron chi connectivity index (χ0n) is 19.1. The highest BCUT2D eigenvalue weighted by atomic mass is 127. The Labute approximate surface area is 222 Å². The van der Waals surface area contributed by atoms with E-state index in [1.54, 1.807) is 31.2 Å². The predicted octanol–water partition coefficient (Wildman–Crippen LogP) is 0.744. The highest BCUT2D eigenvalue weighted by Crippen LogP contribution is 2.16. The van der Waals surface area contributed by atoms with Crippen molar-refractivity contribution in [3.63, 3.8) is 0 Å². The molecule has 0 unspecified atom stereocenters. The number of nitrogens with two attached hydrogens (primary N) is 1. The molecule has 1 aromatic heterocycles. The fourth-order valence-electron chi connectivity index (χ4n) is 2.73. The van der Waals surface area contributed by atoms with Crippen LogP contribution in [0.4, 0.5) is 18.9 Å². The molecule has 0 radical (unpaired) electrons. The van der Waals surface area contributed by atoms with Crippen molar-refractivity contribution in [3.8, 4) is 0 Å². The molecule has 0 aliphatic heterocycles. The average Bonchev–Trinajstić information content (AvgIpc) is 2.79. The summed E-state index contributed by atoms with van der Waals surface area (Å²) < 4.78 is 65.6. The number of oxime groups is 1. The van der Waals surface area contributed by atoms with Crippen LogP contribution in [0.1, 0.15) is 11.3 Å². The zero-order chi connectivity index (χ0) is 27.8. The molecule has 0 saturated heterocycles. The second-order valence-electron chi connectivity index (χ2n) is 7.34. The summed E-state index contributed by atoms with van der Waals surface area (Å²) in [5.74, 6) is -4.26. The summed E-state index contributed by atoms with van der Waals surface area (Å²) in [6.45, 7) is 0.609. The van der Waals surface area contributed by atoms with Crippen LogP contribution in [0.25, 0.3) is 0 Å². The lowest BCUT2D eigenvalue weighted by atomic mass is 10.2. The number of carbonyl (C=O) groups is 2. The molecular formula is C20H22F3IN6O6S.